The Morgan fingerprint density at radius 2 is 0.724 bits per heavy atom. The Balaban J connectivity index is 0.000000400. The van der Waals surface area contributed by atoms with Crippen LogP contribution in [0.4, 0.5) is 0 Å². The molecule has 0 spiro atoms. The van der Waals surface area contributed by atoms with E-state index in [0.29, 0.717) is 178 Å². The molecule has 0 amide bonds. The molecule has 2 aromatic rings. The van der Waals surface area contributed by atoms with E-state index in [9.17, 15) is 10.2 Å². The van der Waals surface area contributed by atoms with Gasteiger partial charge in [-0.05, 0) is 134 Å². The van der Waals surface area contributed by atoms with E-state index < -0.39 is 0 Å². The summed E-state index contributed by atoms with van der Waals surface area (Å²) in [5, 5.41) is 39.7. The van der Waals surface area contributed by atoms with Crippen molar-refractivity contribution in [2.45, 2.75) is 157 Å². The zero-order valence-electron chi connectivity index (χ0n) is 48.8. The van der Waals surface area contributed by atoms with Gasteiger partial charge in [-0.1, -0.05) is 93.9 Å². The number of phenolic OH excluding ortho intramolecular Hbond substituents is 2. The molecular weight excluding hydrogens is 969 g/mol. The lowest BCUT2D eigenvalue weighted by Gasteiger charge is -2.38. The number of hydrogen-bond acceptors (Lipinski definition) is 14. The first-order valence-electron chi connectivity index (χ1n) is 29.8. The van der Waals surface area contributed by atoms with E-state index in [0.717, 1.165) is 72.3 Å². The molecule has 0 heterocycles. The van der Waals surface area contributed by atoms with Crippen molar-refractivity contribution < 1.29 is 67.8 Å². The van der Waals surface area contributed by atoms with Crippen molar-refractivity contribution in [2.24, 2.45) is 35.5 Å². The molecule has 0 radical (unpaired) electrons. The summed E-state index contributed by atoms with van der Waals surface area (Å²) in [7, 11) is 0. The molecule has 76 heavy (non-hydrogen) atoms. The third-order valence-electron chi connectivity index (χ3n) is 15.0. The molecule has 2 fully saturated rings. The minimum absolute atomic E-state index is 0.0294. The first kappa shape index (κ1) is 67.5. The third kappa shape index (κ3) is 27.4. The molecule has 0 bridgehead atoms. The second-order valence-electron chi connectivity index (χ2n) is 21.9. The smallest absolute Gasteiger partial charge is 0.126 e. The summed E-state index contributed by atoms with van der Waals surface area (Å²) in [6.45, 7) is 26.8. The first-order chi connectivity index (χ1) is 36.9. The summed E-state index contributed by atoms with van der Waals surface area (Å²) in [5.74, 6) is 6.64. The van der Waals surface area contributed by atoms with Crippen molar-refractivity contribution in [2.75, 3.05) is 132 Å². The molecule has 4 rings (SSSR count). The summed E-state index contributed by atoms with van der Waals surface area (Å²) in [4.78, 5) is 0. The number of aryl methyl sites for hydroxylation is 2. The number of unbranched alkanes of at least 4 members (excludes halogenated alkanes) is 4. The predicted octanol–water partition coefficient (Wildman–Crippen LogP) is 11.5. The number of rotatable bonds is 42. The van der Waals surface area contributed by atoms with Gasteiger partial charge >= 0.3 is 0 Å². The van der Waals surface area contributed by atoms with E-state index in [2.05, 4.69) is 67.5 Å². The van der Waals surface area contributed by atoms with Crippen LogP contribution in [-0.2, 0) is 50.7 Å². The van der Waals surface area contributed by atoms with Gasteiger partial charge in [-0.3, -0.25) is 0 Å². The minimum atomic E-state index is 0.0294. The van der Waals surface area contributed by atoms with Gasteiger partial charge < -0.3 is 67.8 Å². The molecule has 2 saturated carbocycles. The molecule has 2 aliphatic rings. The molecular formula is C62H108O14. The standard InChI is InChI=1S/2C31H54O7/c2*1-5-6-7-8-26-22-29(33)31(28-21-25(4)9-10-27(28)24(2)3)30(23-26)38-20-19-37-18-17-36-16-15-35-14-13-34-12-11-32/h2*22-25,27-28,32-33H,5-21H2,1-4H3/t25-,27+,28-;25-,27-,28+/m10/s1. The van der Waals surface area contributed by atoms with Crippen LogP contribution in [0.25, 0.3) is 0 Å². The van der Waals surface area contributed by atoms with Gasteiger partial charge in [0.1, 0.15) is 36.2 Å². The number of aliphatic hydroxyl groups excluding tert-OH is 2. The van der Waals surface area contributed by atoms with Crippen molar-refractivity contribution in [1.29, 1.82) is 0 Å². The SMILES string of the molecule is CCCCCc1cc(O)c([C@@H]2C[C@@H](C)CC[C@H]2C(C)C)c(OCCOCCOCCOCCOCCO)c1.CCCCCc1cc(O)c([C@@H]2C[C@H](C)CC[C@H]2C(C)C)c(OCCOCCOCCOCCOCCO)c1. The monoisotopic (exact) mass is 1080 g/mol. The quantitative estimate of drug-likeness (QED) is 0.0463. The zero-order chi connectivity index (χ0) is 55.2. The van der Waals surface area contributed by atoms with Crippen molar-refractivity contribution in [1.82, 2.24) is 0 Å². The maximum absolute atomic E-state index is 11.2. The largest absolute Gasteiger partial charge is 0.508 e. The van der Waals surface area contributed by atoms with Gasteiger partial charge in [0.2, 0.25) is 0 Å². The van der Waals surface area contributed by atoms with E-state index in [1.807, 2.05) is 12.1 Å². The molecule has 440 valence electrons. The molecule has 0 unspecified atom stereocenters. The number of phenols is 2. The highest BCUT2D eigenvalue weighted by Gasteiger charge is 2.37. The maximum atomic E-state index is 11.2. The lowest BCUT2D eigenvalue weighted by Crippen LogP contribution is -2.27. The highest BCUT2D eigenvalue weighted by Crippen LogP contribution is 2.51. The minimum Gasteiger partial charge on any atom is -0.508 e. The normalized spacial score (nSPS) is 19.8. The number of aromatic hydroxyl groups is 2. The Hall–Kier alpha value is -2.76. The summed E-state index contributed by atoms with van der Waals surface area (Å²) in [5.41, 5.74) is 4.30. The molecule has 14 nitrogen and oxygen atoms in total. The fourth-order valence-corrected chi connectivity index (χ4v) is 10.9. The van der Waals surface area contributed by atoms with Crippen LogP contribution in [0.15, 0.2) is 24.3 Å². The van der Waals surface area contributed by atoms with Crippen molar-refractivity contribution in [3.63, 3.8) is 0 Å². The molecule has 6 atom stereocenters. The average molecular weight is 1080 g/mol. The third-order valence-corrected chi connectivity index (χ3v) is 15.0. The van der Waals surface area contributed by atoms with Gasteiger partial charge in [0, 0.05) is 11.1 Å². The number of ether oxygens (including phenoxy) is 10. The Bertz CT molecular complexity index is 1600. The van der Waals surface area contributed by atoms with E-state index in [4.69, 9.17) is 57.6 Å². The second-order valence-corrected chi connectivity index (χ2v) is 21.9. The van der Waals surface area contributed by atoms with Crippen molar-refractivity contribution in [3.05, 3.63) is 46.5 Å². The fourth-order valence-electron chi connectivity index (χ4n) is 10.9. The Morgan fingerprint density at radius 1 is 0.421 bits per heavy atom. The Kier molecular flexibility index (Phi) is 37.5. The zero-order valence-corrected chi connectivity index (χ0v) is 48.8. The van der Waals surface area contributed by atoms with E-state index >= 15 is 0 Å². The molecule has 0 saturated heterocycles. The average Bonchev–Trinajstić information content (AvgIpc) is 3.39. The molecule has 4 N–H and O–H groups in total. The van der Waals surface area contributed by atoms with Crippen LogP contribution in [0.5, 0.6) is 23.0 Å². The lowest BCUT2D eigenvalue weighted by molar-refractivity contribution is -0.00785. The van der Waals surface area contributed by atoms with E-state index in [-0.39, 0.29) is 13.2 Å². The van der Waals surface area contributed by atoms with Gasteiger partial charge in [0.15, 0.2) is 0 Å². The highest BCUT2D eigenvalue weighted by molar-refractivity contribution is 5.51. The van der Waals surface area contributed by atoms with Crippen molar-refractivity contribution in [3.8, 4) is 23.0 Å². The van der Waals surface area contributed by atoms with Crippen LogP contribution in [-0.4, -0.2) is 153 Å². The molecule has 0 aliphatic heterocycles. The Labute approximate surface area is 460 Å². The molecule has 14 heteroatoms. The summed E-state index contributed by atoms with van der Waals surface area (Å²) < 4.78 is 56.2. The van der Waals surface area contributed by atoms with Crippen LogP contribution in [0.1, 0.15) is 167 Å². The van der Waals surface area contributed by atoms with Crippen LogP contribution >= 0.6 is 0 Å². The van der Waals surface area contributed by atoms with Gasteiger partial charge in [0.05, 0.1) is 119 Å². The van der Waals surface area contributed by atoms with E-state index in [1.54, 1.807) is 0 Å². The van der Waals surface area contributed by atoms with Crippen LogP contribution in [0, 0.1) is 35.5 Å². The Morgan fingerprint density at radius 3 is 1.01 bits per heavy atom. The fraction of sp³-hybridized carbons (Fsp3) is 0.806. The van der Waals surface area contributed by atoms with Crippen molar-refractivity contribution >= 4 is 0 Å². The maximum Gasteiger partial charge on any atom is 0.126 e. The molecule has 2 aromatic carbocycles. The van der Waals surface area contributed by atoms with Gasteiger partial charge in [-0.25, -0.2) is 0 Å². The van der Waals surface area contributed by atoms with Crippen LogP contribution < -0.4 is 9.47 Å². The van der Waals surface area contributed by atoms with Gasteiger partial charge in [-0.15, -0.1) is 0 Å². The van der Waals surface area contributed by atoms with Crippen LogP contribution in [0.3, 0.4) is 0 Å². The van der Waals surface area contributed by atoms with E-state index in [1.165, 1.54) is 51.4 Å². The van der Waals surface area contributed by atoms with Gasteiger partial charge in [-0.2, -0.15) is 0 Å². The summed E-state index contributed by atoms with van der Waals surface area (Å²) in [6.07, 6.45) is 16.0. The second kappa shape index (κ2) is 42.2. The summed E-state index contributed by atoms with van der Waals surface area (Å²) in [6, 6.07) is 8.29. The lowest BCUT2D eigenvalue weighted by atomic mass is 9.67. The summed E-state index contributed by atoms with van der Waals surface area (Å²) >= 11 is 0. The van der Waals surface area contributed by atoms with Crippen LogP contribution in [0.2, 0.25) is 0 Å². The first-order valence-corrected chi connectivity index (χ1v) is 29.8. The number of aliphatic hydroxyl groups is 2. The molecule has 0 aromatic heterocycles. The predicted molar refractivity (Wildman–Crippen MR) is 303 cm³/mol. The number of benzene rings is 2. The number of hydrogen-bond donors (Lipinski definition) is 4. The molecule has 2 aliphatic carbocycles. The topological polar surface area (TPSA) is 173 Å². The van der Waals surface area contributed by atoms with Gasteiger partial charge in [0.25, 0.3) is 0 Å². The highest BCUT2D eigenvalue weighted by atomic mass is 16.6.